The number of hydrogen-bond donors (Lipinski definition) is 0. The minimum atomic E-state index is 0.385. The molecule has 8 rings (SSSR count). The van der Waals surface area contributed by atoms with E-state index in [4.69, 9.17) is 22.1 Å². The van der Waals surface area contributed by atoms with Crippen LogP contribution in [0.2, 0.25) is 0 Å². The minimum Gasteiger partial charge on any atom is -0.449 e. The van der Waals surface area contributed by atoms with E-state index in [9.17, 15) is 0 Å². The molecule has 8 aromatic heterocycles. The molecule has 0 saturated heterocycles. The molecule has 0 spiro atoms. The molecule has 0 N–H and O–H groups in total. The molecule has 8 heterocycles. The zero-order valence-corrected chi connectivity index (χ0v) is 58.0. The first kappa shape index (κ1) is 74.0. The van der Waals surface area contributed by atoms with Gasteiger partial charge in [0, 0.05) is 58.9 Å². The number of nitrogens with zero attached hydrogens (tertiary/aromatic N) is 8. The second-order valence-electron chi connectivity index (χ2n) is 23.7. The summed E-state index contributed by atoms with van der Waals surface area (Å²) in [7, 11) is 0. The predicted molar refractivity (Wildman–Crippen MR) is 342 cm³/mol. The largest absolute Gasteiger partial charge is 0.449 e. The Morgan fingerprint density at radius 2 is 0.951 bits per heavy atom. The Morgan fingerprint density at radius 3 is 1.21 bits per heavy atom. The van der Waals surface area contributed by atoms with Crippen LogP contribution < -0.4 is 0 Å². The van der Waals surface area contributed by atoms with E-state index in [1.165, 1.54) is 42.6 Å². The lowest BCUT2D eigenvalue weighted by Gasteiger charge is -2.07. The molecule has 13 nitrogen and oxygen atoms in total. The van der Waals surface area contributed by atoms with E-state index in [0.717, 1.165) is 69.4 Å². The normalized spacial score (nSPS) is 11.1. The average molecular weight is 1180 g/mol. The quantitative estimate of drug-likeness (QED) is 0.120. The van der Waals surface area contributed by atoms with Gasteiger partial charge in [-0.25, -0.2) is 39.9 Å². The summed E-state index contributed by atoms with van der Waals surface area (Å²) in [5.74, 6) is 12.5. The van der Waals surface area contributed by atoms with E-state index in [0.29, 0.717) is 65.1 Å². The van der Waals surface area contributed by atoms with Crippen molar-refractivity contribution in [3.8, 4) is 0 Å². The highest BCUT2D eigenvalue weighted by Gasteiger charge is 2.18. The first-order valence-electron chi connectivity index (χ1n) is 29.1. The van der Waals surface area contributed by atoms with Crippen molar-refractivity contribution in [1.29, 1.82) is 0 Å². The maximum Gasteiger partial charge on any atom is 0.197 e. The molecule has 0 unspecified atom stereocenters. The van der Waals surface area contributed by atoms with E-state index in [1.807, 2.05) is 59.1 Å². The molecule has 0 fully saturated rings. The number of oxazole rings is 5. The van der Waals surface area contributed by atoms with Gasteiger partial charge >= 0.3 is 0 Å². The van der Waals surface area contributed by atoms with Crippen LogP contribution in [0.15, 0.2) is 52.5 Å². The van der Waals surface area contributed by atoms with Crippen LogP contribution in [0, 0.1) is 55.4 Å². The second kappa shape index (κ2) is 36.5. The molecular formula is C65H106N8O5S3. The third-order valence-electron chi connectivity index (χ3n) is 11.7. The van der Waals surface area contributed by atoms with Gasteiger partial charge in [0.2, 0.25) is 0 Å². The van der Waals surface area contributed by atoms with Gasteiger partial charge in [-0.05, 0) is 83.0 Å². The topological polar surface area (TPSA) is 169 Å². The van der Waals surface area contributed by atoms with Crippen LogP contribution in [-0.4, -0.2) is 39.9 Å². The summed E-state index contributed by atoms with van der Waals surface area (Å²) in [4.78, 5) is 36.9. The Hall–Kier alpha value is -5.06. The van der Waals surface area contributed by atoms with Gasteiger partial charge in [-0.3, -0.25) is 0 Å². The maximum atomic E-state index is 5.53. The van der Waals surface area contributed by atoms with Gasteiger partial charge in [0.05, 0.1) is 55.4 Å². The molecule has 0 saturated carbocycles. The molecule has 0 aliphatic carbocycles. The van der Waals surface area contributed by atoms with Crippen LogP contribution in [0.5, 0.6) is 0 Å². The Morgan fingerprint density at radius 1 is 0.383 bits per heavy atom. The summed E-state index contributed by atoms with van der Waals surface area (Å²) in [5, 5.41) is 5.73. The summed E-state index contributed by atoms with van der Waals surface area (Å²) < 4.78 is 26.3. The van der Waals surface area contributed by atoms with E-state index >= 15 is 0 Å². The zero-order chi connectivity index (χ0) is 62.2. The fourth-order valence-corrected chi connectivity index (χ4v) is 9.86. The standard InChI is InChI=1S/2C10H17NO.C10H17NS.3C7H11NO.2C7H11NS/c1-6(2)9-10(7(3)4)12-8(5)11-9;1-6(2)9-8(5)12-10(11-9)7(3)4;1-6(2)9-10(7(3)4)12-8(5)11-9;1-5(2)7-6(3)9-4-8-7;1-5(2)7-4-9-6(3)8-7;1-5(2)7-8-4-6(3)9-7;1-5(2)7-4-9-6(3)8-7;1-5(2)7-8-4-6(3)9-7/h3*6-7H,1-5H3;5*4-5H,1-3H3. The molecule has 0 bridgehead atoms. The summed E-state index contributed by atoms with van der Waals surface area (Å²) in [5.41, 5.74) is 6.83. The number of hydrogen-bond acceptors (Lipinski definition) is 16. The maximum absolute atomic E-state index is 5.53. The lowest BCUT2D eigenvalue weighted by Crippen LogP contribution is -1.95. The highest BCUT2D eigenvalue weighted by molar-refractivity contribution is 7.12. The van der Waals surface area contributed by atoms with E-state index in [1.54, 1.807) is 35.1 Å². The third kappa shape index (κ3) is 27.3. The summed E-state index contributed by atoms with van der Waals surface area (Å²) in [6, 6.07) is 0. The van der Waals surface area contributed by atoms with Gasteiger partial charge in [0.1, 0.15) is 29.3 Å². The minimum absolute atomic E-state index is 0.385. The molecule has 0 aliphatic rings. The SMILES string of the molecule is Cc1cnc(C(C)C)o1.Cc1cnc(C(C)C)s1.Cc1nc(C(C)C)c(C(C)C)o1.Cc1nc(C(C)C)c(C(C)C)s1.Cc1nc(C(C)C)co1.Cc1nc(C(C)C)cs1.Cc1oc(C(C)C)nc1C(C)C.Cc1ocnc1C(C)C. The molecule has 454 valence electrons. The first-order valence-corrected chi connectivity index (χ1v) is 31.6. The van der Waals surface area contributed by atoms with E-state index < -0.39 is 0 Å². The molecule has 8 aromatic rings. The summed E-state index contributed by atoms with van der Waals surface area (Å²) in [6.45, 7) is 62.8. The summed E-state index contributed by atoms with van der Waals surface area (Å²) >= 11 is 5.35. The monoisotopic (exact) mass is 1170 g/mol. The molecule has 0 atom stereocenters. The van der Waals surface area contributed by atoms with Crippen molar-refractivity contribution < 1.29 is 22.1 Å². The Bertz CT molecular complexity index is 2620. The van der Waals surface area contributed by atoms with Crippen LogP contribution in [0.4, 0.5) is 0 Å². The lowest BCUT2D eigenvalue weighted by molar-refractivity contribution is 0.449. The van der Waals surface area contributed by atoms with Gasteiger partial charge in [-0.1, -0.05) is 152 Å². The van der Waals surface area contributed by atoms with Crippen LogP contribution in [-0.2, 0) is 0 Å². The molecule has 0 amide bonds. The van der Waals surface area contributed by atoms with Crippen molar-refractivity contribution in [3.63, 3.8) is 0 Å². The number of aryl methyl sites for hydroxylation is 8. The number of aromatic nitrogens is 8. The van der Waals surface area contributed by atoms with Crippen molar-refractivity contribution in [2.24, 2.45) is 0 Å². The number of rotatable bonds is 11. The van der Waals surface area contributed by atoms with Crippen molar-refractivity contribution in [3.05, 3.63) is 136 Å². The van der Waals surface area contributed by atoms with E-state index in [-0.39, 0.29) is 0 Å². The molecule has 0 aliphatic heterocycles. The zero-order valence-electron chi connectivity index (χ0n) is 55.6. The van der Waals surface area contributed by atoms with Crippen molar-refractivity contribution in [2.75, 3.05) is 0 Å². The fraction of sp³-hybridized carbons (Fsp3) is 0.631. The second-order valence-corrected chi connectivity index (χ2v) is 27.2. The molecule has 81 heavy (non-hydrogen) atoms. The van der Waals surface area contributed by atoms with Crippen LogP contribution >= 0.6 is 34.0 Å². The highest BCUT2D eigenvalue weighted by Crippen LogP contribution is 2.31. The van der Waals surface area contributed by atoms with Gasteiger partial charge in [0.25, 0.3) is 0 Å². The fourth-order valence-electron chi connectivity index (χ4n) is 7.22. The van der Waals surface area contributed by atoms with Crippen molar-refractivity contribution in [2.45, 2.75) is 273 Å². The first-order chi connectivity index (χ1) is 37.6. The molecule has 0 radical (unpaired) electrons. The molecule has 0 aromatic carbocycles. The van der Waals surface area contributed by atoms with Gasteiger partial charge in [0.15, 0.2) is 30.0 Å². The highest BCUT2D eigenvalue weighted by atomic mass is 32.1. The van der Waals surface area contributed by atoms with Crippen LogP contribution in [0.25, 0.3) is 0 Å². The molecule has 16 heteroatoms. The molecular weight excluding hydrogens is 1070 g/mol. The number of thiazole rings is 3. The summed E-state index contributed by atoms with van der Waals surface area (Å²) in [6.07, 6.45) is 6.87. The third-order valence-corrected chi connectivity index (χ3v) is 15.0. The van der Waals surface area contributed by atoms with Gasteiger partial charge in [-0.2, -0.15) is 0 Å². The van der Waals surface area contributed by atoms with Gasteiger partial charge in [-0.15, -0.1) is 34.0 Å². The van der Waals surface area contributed by atoms with Gasteiger partial charge < -0.3 is 22.1 Å². The van der Waals surface area contributed by atoms with Crippen LogP contribution in [0.3, 0.4) is 0 Å². The van der Waals surface area contributed by atoms with Crippen molar-refractivity contribution >= 4 is 34.0 Å². The Labute approximate surface area is 501 Å². The smallest absolute Gasteiger partial charge is 0.197 e. The predicted octanol–water partition coefficient (Wildman–Crippen LogP) is 21.6. The Kier molecular flexibility index (Phi) is 33.3. The van der Waals surface area contributed by atoms with Crippen molar-refractivity contribution in [1.82, 2.24) is 39.9 Å². The van der Waals surface area contributed by atoms with Crippen LogP contribution in [0.1, 0.15) is 323 Å². The Balaban J connectivity index is 0.000000464. The lowest BCUT2D eigenvalue weighted by atomic mass is 10.0. The van der Waals surface area contributed by atoms with E-state index in [2.05, 4.69) is 211 Å². The average Bonchev–Trinajstić information content (AvgIpc) is 4.27.